The molecule has 1 aliphatic carbocycles. The van der Waals surface area contributed by atoms with Crippen molar-refractivity contribution in [3.63, 3.8) is 0 Å². The average Bonchev–Trinajstić information content (AvgIpc) is 2.99. The van der Waals surface area contributed by atoms with Crippen LogP contribution < -0.4 is 0 Å². The smallest absolute Gasteiger partial charge is 0.309 e. The van der Waals surface area contributed by atoms with Crippen LogP contribution in [0.3, 0.4) is 0 Å². The van der Waals surface area contributed by atoms with Crippen LogP contribution in [-0.2, 0) is 9.53 Å². The van der Waals surface area contributed by atoms with E-state index in [0.29, 0.717) is 12.5 Å². The molecule has 2 nitrogen and oxygen atoms in total. The van der Waals surface area contributed by atoms with Gasteiger partial charge in [-0.05, 0) is 24.8 Å². The number of carbonyl (C=O) groups is 1. The summed E-state index contributed by atoms with van der Waals surface area (Å²) in [5.41, 5.74) is 1.26. The number of hydrogen-bond acceptors (Lipinski definition) is 2. The Balaban J connectivity index is 1.96. The second-order valence-electron chi connectivity index (χ2n) is 3.61. The maximum absolute atomic E-state index is 11.4. The Hall–Kier alpha value is -1.31. The summed E-state index contributed by atoms with van der Waals surface area (Å²) in [5.74, 6) is 0.467. The van der Waals surface area contributed by atoms with Gasteiger partial charge in [-0.15, -0.1) is 0 Å². The highest BCUT2D eigenvalue weighted by Crippen LogP contribution is 2.47. The topological polar surface area (TPSA) is 26.3 Å². The predicted molar refractivity (Wildman–Crippen MR) is 53.9 cm³/mol. The lowest BCUT2D eigenvalue weighted by molar-refractivity contribution is -0.144. The van der Waals surface area contributed by atoms with Crippen molar-refractivity contribution in [3.8, 4) is 0 Å². The predicted octanol–water partition coefficient (Wildman–Crippen LogP) is 2.35. The van der Waals surface area contributed by atoms with Crippen molar-refractivity contribution in [1.82, 2.24) is 0 Å². The van der Waals surface area contributed by atoms with E-state index >= 15 is 0 Å². The summed E-state index contributed by atoms with van der Waals surface area (Å²) >= 11 is 0. The molecule has 0 aliphatic heterocycles. The van der Waals surface area contributed by atoms with E-state index in [-0.39, 0.29) is 11.9 Å². The minimum absolute atomic E-state index is 0.0404. The van der Waals surface area contributed by atoms with Gasteiger partial charge in [-0.3, -0.25) is 4.79 Å². The van der Waals surface area contributed by atoms with Gasteiger partial charge in [0.1, 0.15) is 0 Å². The number of esters is 1. The van der Waals surface area contributed by atoms with Gasteiger partial charge in [-0.1, -0.05) is 30.3 Å². The van der Waals surface area contributed by atoms with Crippen LogP contribution in [0.4, 0.5) is 0 Å². The number of hydrogen-bond donors (Lipinski definition) is 0. The third-order valence-corrected chi connectivity index (χ3v) is 2.61. The Morgan fingerprint density at radius 3 is 2.79 bits per heavy atom. The van der Waals surface area contributed by atoms with E-state index in [2.05, 4.69) is 12.1 Å². The second-order valence-corrected chi connectivity index (χ2v) is 3.61. The Kier molecular flexibility index (Phi) is 2.53. The number of benzene rings is 1. The van der Waals surface area contributed by atoms with Crippen LogP contribution in [0.5, 0.6) is 0 Å². The molecule has 0 spiro atoms. The molecule has 74 valence electrons. The van der Waals surface area contributed by atoms with Crippen molar-refractivity contribution in [2.24, 2.45) is 5.92 Å². The van der Waals surface area contributed by atoms with Crippen LogP contribution in [0.1, 0.15) is 24.8 Å². The first kappa shape index (κ1) is 9.25. The summed E-state index contributed by atoms with van der Waals surface area (Å²) in [7, 11) is 0. The molecule has 1 aliphatic rings. The Bertz CT molecular complexity index is 318. The highest BCUT2D eigenvalue weighted by Gasteiger charge is 2.44. The van der Waals surface area contributed by atoms with Gasteiger partial charge in [0.25, 0.3) is 0 Å². The molecule has 1 saturated carbocycles. The molecule has 0 saturated heterocycles. The first-order valence-corrected chi connectivity index (χ1v) is 5.04. The zero-order valence-corrected chi connectivity index (χ0v) is 8.27. The highest BCUT2D eigenvalue weighted by atomic mass is 16.5. The molecule has 1 aromatic rings. The fourth-order valence-corrected chi connectivity index (χ4v) is 1.77. The van der Waals surface area contributed by atoms with Gasteiger partial charge in [0.15, 0.2) is 0 Å². The average molecular weight is 190 g/mol. The van der Waals surface area contributed by atoms with Gasteiger partial charge in [0, 0.05) is 0 Å². The van der Waals surface area contributed by atoms with Crippen molar-refractivity contribution >= 4 is 5.97 Å². The maximum atomic E-state index is 11.4. The molecule has 0 bridgehead atoms. The summed E-state index contributed by atoms with van der Waals surface area (Å²) in [5, 5.41) is 0. The molecule has 0 amide bonds. The Labute approximate surface area is 83.9 Å². The summed E-state index contributed by atoms with van der Waals surface area (Å²) in [6.45, 7) is 2.33. The van der Waals surface area contributed by atoms with Crippen LogP contribution >= 0.6 is 0 Å². The molecule has 2 rings (SSSR count). The Morgan fingerprint density at radius 1 is 1.43 bits per heavy atom. The van der Waals surface area contributed by atoms with Crippen molar-refractivity contribution in [2.45, 2.75) is 19.3 Å². The Morgan fingerprint density at radius 2 is 2.14 bits per heavy atom. The zero-order chi connectivity index (χ0) is 9.97. The molecular formula is C12H14O2. The monoisotopic (exact) mass is 190 g/mol. The molecule has 2 atom stereocenters. The van der Waals surface area contributed by atoms with E-state index in [1.54, 1.807) is 0 Å². The summed E-state index contributed by atoms with van der Waals surface area (Å²) in [4.78, 5) is 11.4. The van der Waals surface area contributed by atoms with Gasteiger partial charge < -0.3 is 4.74 Å². The molecule has 1 fully saturated rings. The summed E-state index contributed by atoms with van der Waals surface area (Å²) < 4.78 is 4.98. The molecule has 0 heterocycles. The minimum atomic E-state index is -0.0404. The summed E-state index contributed by atoms with van der Waals surface area (Å²) in [6.07, 6.45) is 0.947. The molecule has 1 unspecified atom stereocenters. The molecule has 0 radical (unpaired) electrons. The molecule has 2 heteroatoms. The minimum Gasteiger partial charge on any atom is -0.466 e. The van der Waals surface area contributed by atoms with Gasteiger partial charge in [-0.2, -0.15) is 0 Å². The van der Waals surface area contributed by atoms with Crippen molar-refractivity contribution < 1.29 is 9.53 Å². The van der Waals surface area contributed by atoms with Crippen molar-refractivity contribution in [3.05, 3.63) is 35.9 Å². The number of rotatable bonds is 3. The fraction of sp³-hybridized carbons (Fsp3) is 0.417. The van der Waals surface area contributed by atoms with Crippen molar-refractivity contribution in [2.75, 3.05) is 6.61 Å². The van der Waals surface area contributed by atoms with E-state index in [1.807, 2.05) is 25.1 Å². The van der Waals surface area contributed by atoms with Crippen LogP contribution in [0.2, 0.25) is 0 Å². The molecule has 0 aromatic heterocycles. The molecule has 14 heavy (non-hydrogen) atoms. The molecule has 0 N–H and O–H groups in total. The highest BCUT2D eigenvalue weighted by molar-refractivity contribution is 5.77. The third-order valence-electron chi connectivity index (χ3n) is 2.61. The second kappa shape index (κ2) is 3.82. The first-order chi connectivity index (χ1) is 6.83. The van der Waals surface area contributed by atoms with Gasteiger partial charge >= 0.3 is 5.97 Å². The van der Waals surface area contributed by atoms with Gasteiger partial charge in [0.05, 0.1) is 12.5 Å². The van der Waals surface area contributed by atoms with Crippen LogP contribution in [-0.4, -0.2) is 12.6 Å². The molecule has 1 aromatic carbocycles. The first-order valence-electron chi connectivity index (χ1n) is 5.04. The van der Waals surface area contributed by atoms with E-state index in [0.717, 1.165) is 6.42 Å². The lowest BCUT2D eigenvalue weighted by Crippen LogP contribution is -2.07. The maximum Gasteiger partial charge on any atom is 0.309 e. The van der Waals surface area contributed by atoms with E-state index in [4.69, 9.17) is 4.74 Å². The SMILES string of the molecule is CCOC(=O)C1C[C@H]1c1ccccc1. The standard InChI is InChI=1S/C12H14O2/c1-2-14-12(13)11-8-10(11)9-6-4-3-5-7-9/h3-7,10-11H,2,8H2,1H3/t10-,11?/m0/s1. The third kappa shape index (κ3) is 1.79. The van der Waals surface area contributed by atoms with E-state index < -0.39 is 0 Å². The van der Waals surface area contributed by atoms with Crippen LogP contribution in [0.25, 0.3) is 0 Å². The lowest BCUT2D eigenvalue weighted by Gasteiger charge is -2.00. The fourth-order valence-electron chi connectivity index (χ4n) is 1.77. The van der Waals surface area contributed by atoms with E-state index in [9.17, 15) is 4.79 Å². The van der Waals surface area contributed by atoms with E-state index in [1.165, 1.54) is 5.56 Å². The summed E-state index contributed by atoms with van der Waals surface area (Å²) in [6, 6.07) is 10.2. The zero-order valence-electron chi connectivity index (χ0n) is 8.27. The van der Waals surface area contributed by atoms with Crippen LogP contribution in [0.15, 0.2) is 30.3 Å². The van der Waals surface area contributed by atoms with Gasteiger partial charge in [-0.25, -0.2) is 0 Å². The normalized spacial score (nSPS) is 24.4. The van der Waals surface area contributed by atoms with Crippen LogP contribution in [0, 0.1) is 5.92 Å². The van der Waals surface area contributed by atoms with Gasteiger partial charge in [0.2, 0.25) is 0 Å². The number of ether oxygens (including phenoxy) is 1. The lowest BCUT2D eigenvalue weighted by atomic mass is 10.1. The largest absolute Gasteiger partial charge is 0.466 e. The van der Waals surface area contributed by atoms with Crippen molar-refractivity contribution in [1.29, 1.82) is 0 Å². The quantitative estimate of drug-likeness (QED) is 0.684. The number of carbonyl (C=O) groups excluding carboxylic acids is 1. The molecular weight excluding hydrogens is 176 g/mol.